The molecule has 0 aliphatic heterocycles. The highest BCUT2D eigenvalue weighted by atomic mass is 16.5. The monoisotopic (exact) mass is 169 g/mol. The van der Waals surface area contributed by atoms with Crippen molar-refractivity contribution < 1.29 is 9.53 Å². The lowest BCUT2D eigenvalue weighted by atomic mass is 9.98. The number of nitrogens with zero attached hydrogens (tertiary/aromatic N) is 1. The summed E-state index contributed by atoms with van der Waals surface area (Å²) in [6, 6.07) is 0. The maximum absolute atomic E-state index is 10.7. The molecule has 0 N–H and O–H groups in total. The van der Waals surface area contributed by atoms with E-state index in [0.717, 1.165) is 12.8 Å². The lowest BCUT2D eigenvalue weighted by molar-refractivity contribution is -0.124. The van der Waals surface area contributed by atoms with Crippen molar-refractivity contribution in [3.05, 3.63) is 0 Å². The summed E-state index contributed by atoms with van der Waals surface area (Å²) in [5.74, 6) is -0.263. The van der Waals surface area contributed by atoms with E-state index >= 15 is 0 Å². The van der Waals surface area contributed by atoms with Crippen molar-refractivity contribution in [1.82, 2.24) is 0 Å². The zero-order valence-electron chi connectivity index (χ0n) is 7.29. The van der Waals surface area contributed by atoms with E-state index in [9.17, 15) is 4.79 Å². The topological polar surface area (TPSA) is 38.7 Å². The van der Waals surface area contributed by atoms with Gasteiger partial charge in [0.25, 0.3) is 5.91 Å². The molecule has 0 aromatic carbocycles. The van der Waals surface area contributed by atoms with Crippen LogP contribution < -0.4 is 0 Å². The van der Waals surface area contributed by atoms with Gasteiger partial charge in [0.2, 0.25) is 0 Å². The molecule has 0 aromatic rings. The summed E-state index contributed by atoms with van der Waals surface area (Å²) in [6.45, 7) is 3.25. The minimum absolute atomic E-state index is 0.105. The molecule has 0 saturated heterocycles. The fourth-order valence-corrected chi connectivity index (χ4v) is 1.47. The molecule has 12 heavy (non-hydrogen) atoms. The Kier molecular flexibility index (Phi) is 3.94. The van der Waals surface area contributed by atoms with Crippen LogP contribution in [-0.4, -0.2) is 25.3 Å². The second kappa shape index (κ2) is 5.04. The van der Waals surface area contributed by atoms with E-state index in [1.165, 1.54) is 19.3 Å². The van der Waals surface area contributed by atoms with Crippen LogP contribution in [0.3, 0.4) is 0 Å². The van der Waals surface area contributed by atoms with Crippen molar-refractivity contribution in [3.63, 3.8) is 0 Å². The molecule has 0 heterocycles. The Hall–Kier alpha value is -0.700. The van der Waals surface area contributed by atoms with Crippen molar-refractivity contribution in [2.75, 3.05) is 6.61 Å². The van der Waals surface area contributed by atoms with E-state index in [4.69, 9.17) is 4.74 Å². The van der Waals surface area contributed by atoms with Crippen LogP contribution in [0.2, 0.25) is 0 Å². The summed E-state index contributed by atoms with van der Waals surface area (Å²) >= 11 is 0. The number of carbonyl (C=O) groups is 1. The molecule has 1 fully saturated rings. The highest BCUT2D eigenvalue weighted by molar-refractivity contribution is 5.81. The van der Waals surface area contributed by atoms with Crippen LogP contribution >= 0.6 is 0 Å². The minimum Gasteiger partial charge on any atom is -0.368 e. The van der Waals surface area contributed by atoms with Gasteiger partial charge in [-0.25, -0.2) is 4.99 Å². The summed E-state index contributed by atoms with van der Waals surface area (Å²) in [7, 11) is 0. The van der Waals surface area contributed by atoms with Crippen LogP contribution in [0, 0.1) is 0 Å². The fraction of sp³-hybridized carbons (Fsp3) is 0.778. The first-order chi connectivity index (χ1) is 5.83. The molecule has 3 heteroatoms. The molecule has 1 aliphatic rings. The van der Waals surface area contributed by atoms with Crippen LogP contribution in [0.4, 0.5) is 0 Å². The van der Waals surface area contributed by atoms with Crippen molar-refractivity contribution in [2.24, 2.45) is 4.99 Å². The van der Waals surface area contributed by atoms with Gasteiger partial charge in [0.1, 0.15) is 6.61 Å². The van der Waals surface area contributed by atoms with E-state index in [2.05, 4.69) is 11.7 Å². The predicted octanol–water partition coefficient (Wildman–Crippen LogP) is 1.56. The van der Waals surface area contributed by atoms with E-state index < -0.39 is 0 Å². The average Bonchev–Trinajstić information content (AvgIpc) is 2.16. The number of amides is 1. The normalized spacial score (nSPS) is 19.0. The third-order valence-electron chi connectivity index (χ3n) is 2.17. The number of hydrogen-bond donors (Lipinski definition) is 0. The first-order valence-electron chi connectivity index (χ1n) is 4.44. The number of hydrogen-bond acceptors (Lipinski definition) is 2. The van der Waals surface area contributed by atoms with Crippen molar-refractivity contribution in [2.45, 2.75) is 38.2 Å². The van der Waals surface area contributed by atoms with Crippen LogP contribution in [0.15, 0.2) is 4.99 Å². The standard InChI is InChI=1S/C9H15NO2/c1-10-9(11)7-12-8-5-3-2-4-6-8/h8H,1-7H2. The number of carbonyl (C=O) groups excluding carboxylic acids is 1. The summed E-state index contributed by atoms with van der Waals surface area (Å²) in [6.07, 6.45) is 6.20. The molecular formula is C9H15NO2. The van der Waals surface area contributed by atoms with Gasteiger partial charge in [-0.2, -0.15) is 0 Å². The molecule has 0 spiro atoms. The highest BCUT2D eigenvalue weighted by Crippen LogP contribution is 2.19. The molecule has 0 radical (unpaired) electrons. The Morgan fingerprint density at radius 2 is 2.08 bits per heavy atom. The average molecular weight is 169 g/mol. The van der Waals surface area contributed by atoms with Gasteiger partial charge in [0.15, 0.2) is 0 Å². The van der Waals surface area contributed by atoms with Gasteiger partial charge >= 0.3 is 0 Å². The van der Waals surface area contributed by atoms with Gasteiger partial charge in [0, 0.05) is 0 Å². The molecule has 3 nitrogen and oxygen atoms in total. The number of aliphatic imine (C=N–C) groups is 1. The first kappa shape index (κ1) is 9.39. The molecule has 1 saturated carbocycles. The predicted molar refractivity (Wildman–Crippen MR) is 47.4 cm³/mol. The Morgan fingerprint density at radius 1 is 1.42 bits per heavy atom. The molecule has 0 aromatic heterocycles. The zero-order chi connectivity index (χ0) is 8.81. The third-order valence-corrected chi connectivity index (χ3v) is 2.17. The molecule has 1 aliphatic carbocycles. The third kappa shape index (κ3) is 3.13. The lowest BCUT2D eigenvalue weighted by Crippen LogP contribution is -2.19. The Morgan fingerprint density at radius 3 is 2.67 bits per heavy atom. The van der Waals surface area contributed by atoms with Crippen molar-refractivity contribution >= 4 is 12.6 Å². The van der Waals surface area contributed by atoms with Gasteiger partial charge < -0.3 is 4.74 Å². The van der Waals surface area contributed by atoms with Crippen LogP contribution in [-0.2, 0) is 9.53 Å². The van der Waals surface area contributed by atoms with Gasteiger partial charge in [-0.1, -0.05) is 19.3 Å². The Labute approximate surface area is 72.8 Å². The summed E-state index contributed by atoms with van der Waals surface area (Å²) in [5, 5.41) is 0. The molecule has 1 rings (SSSR count). The minimum atomic E-state index is -0.263. The molecule has 0 bridgehead atoms. The lowest BCUT2D eigenvalue weighted by Gasteiger charge is -2.20. The van der Waals surface area contributed by atoms with Gasteiger partial charge in [-0.05, 0) is 19.6 Å². The quantitative estimate of drug-likeness (QED) is 0.601. The smallest absolute Gasteiger partial charge is 0.271 e. The molecule has 68 valence electrons. The number of ether oxygens (including phenoxy) is 1. The van der Waals surface area contributed by atoms with Crippen molar-refractivity contribution in [1.29, 1.82) is 0 Å². The highest BCUT2D eigenvalue weighted by Gasteiger charge is 2.14. The Balaban J connectivity index is 2.12. The maximum Gasteiger partial charge on any atom is 0.271 e. The van der Waals surface area contributed by atoms with Crippen LogP contribution in [0.25, 0.3) is 0 Å². The van der Waals surface area contributed by atoms with Crippen LogP contribution in [0.1, 0.15) is 32.1 Å². The maximum atomic E-state index is 10.7. The second-order valence-corrected chi connectivity index (χ2v) is 3.12. The van der Waals surface area contributed by atoms with Gasteiger partial charge in [-0.15, -0.1) is 0 Å². The summed E-state index contributed by atoms with van der Waals surface area (Å²) < 4.78 is 5.35. The molecule has 1 amide bonds. The Bertz CT molecular complexity index is 162. The molecular weight excluding hydrogens is 154 g/mol. The first-order valence-corrected chi connectivity index (χ1v) is 4.44. The molecule has 0 unspecified atom stereocenters. The van der Waals surface area contributed by atoms with E-state index in [1.54, 1.807) is 0 Å². The SMILES string of the molecule is C=NC(=O)COC1CCCCC1. The van der Waals surface area contributed by atoms with E-state index in [1.807, 2.05) is 0 Å². The van der Waals surface area contributed by atoms with Crippen molar-refractivity contribution in [3.8, 4) is 0 Å². The van der Waals surface area contributed by atoms with E-state index in [0.29, 0.717) is 0 Å². The summed E-state index contributed by atoms with van der Waals surface area (Å²) in [5.41, 5.74) is 0. The van der Waals surface area contributed by atoms with Gasteiger partial charge in [-0.3, -0.25) is 4.79 Å². The summed E-state index contributed by atoms with van der Waals surface area (Å²) in [4.78, 5) is 14.0. The van der Waals surface area contributed by atoms with E-state index in [-0.39, 0.29) is 18.6 Å². The zero-order valence-corrected chi connectivity index (χ0v) is 7.29. The fourth-order valence-electron chi connectivity index (χ4n) is 1.47. The largest absolute Gasteiger partial charge is 0.368 e. The second-order valence-electron chi connectivity index (χ2n) is 3.12. The van der Waals surface area contributed by atoms with Gasteiger partial charge in [0.05, 0.1) is 6.10 Å². The molecule has 0 atom stereocenters. The number of rotatable bonds is 3. The van der Waals surface area contributed by atoms with Crippen LogP contribution in [0.5, 0.6) is 0 Å².